The molecule has 1 aromatic heterocycles. The van der Waals surface area contributed by atoms with Gasteiger partial charge in [-0.05, 0) is 30.7 Å². The van der Waals surface area contributed by atoms with E-state index in [9.17, 15) is 4.79 Å². The lowest BCUT2D eigenvalue weighted by atomic mass is 10.2. The summed E-state index contributed by atoms with van der Waals surface area (Å²) >= 11 is 4.81. The summed E-state index contributed by atoms with van der Waals surface area (Å²) in [4.78, 5) is 12.3. The fourth-order valence-electron chi connectivity index (χ4n) is 1.75. The zero-order chi connectivity index (χ0) is 14.5. The average Bonchev–Trinajstić information content (AvgIpc) is 2.78. The summed E-state index contributed by atoms with van der Waals surface area (Å²) in [6, 6.07) is 9.87. The first kappa shape index (κ1) is 14.9. The molecule has 1 heterocycles. The van der Waals surface area contributed by atoms with Crippen molar-refractivity contribution < 1.29 is 4.79 Å². The highest BCUT2D eigenvalue weighted by molar-refractivity contribution is 9.10. The molecule has 20 heavy (non-hydrogen) atoms. The number of amides is 1. The Morgan fingerprint density at radius 2 is 2.20 bits per heavy atom. The zero-order valence-electron chi connectivity index (χ0n) is 11.1. The van der Waals surface area contributed by atoms with Gasteiger partial charge in [-0.25, -0.2) is 0 Å². The zero-order valence-corrected chi connectivity index (χ0v) is 13.5. The number of anilines is 2. The van der Waals surface area contributed by atoms with E-state index in [1.807, 2.05) is 25.1 Å². The Labute approximate surface area is 130 Å². The first-order chi connectivity index (χ1) is 9.60. The number of hydrogen-bond acceptors (Lipinski definition) is 4. The van der Waals surface area contributed by atoms with Gasteiger partial charge in [0.25, 0.3) is 5.91 Å². The second-order valence-electron chi connectivity index (χ2n) is 4.24. The van der Waals surface area contributed by atoms with E-state index >= 15 is 0 Å². The molecule has 0 spiro atoms. The second-order valence-corrected chi connectivity index (χ2v) is 6.21. The van der Waals surface area contributed by atoms with Crippen LogP contribution in [0.2, 0.25) is 0 Å². The molecule has 0 saturated heterocycles. The standard InChI is InChI=1S/C14H16BrN3OS/c1-2-17-14(19)13-11(16)7-12(20-13)18-8-9-4-3-5-10(15)6-9/h3-7,18H,2,8,16H2,1H3,(H,17,19). The SMILES string of the molecule is CCNC(=O)c1sc(NCc2cccc(Br)c2)cc1N. The van der Waals surface area contributed by atoms with Gasteiger partial charge in [-0.15, -0.1) is 11.3 Å². The molecule has 0 fully saturated rings. The van der Waals surface area contributed by atoms with E-state index in [-0.39, 0.29) is 5.91 Å². The summed E-state index contributed by atoms with van der Waals surface area (Å²) in [5, 5.41) is 6.93. The number of nitrogen functional groups attached to an aromatic ring is 1. The smallest absolute Gasteiger partial charge is 0.263 e. The number of carbonyl (C=O) groups is 1. The maximum absolute atomic E-state index is 11.8. The molecule has 106 valence electrons. The lowest BCUT2D eigenvalue weighted by Crippen LogP contribution is -2.22. The molecule has 2 aromatic rings. The molecule has 0 bridgehead atoms. The first-order valence-electron chi connectivity index (χ1n) is 6.26. The van der Waals surface area contributed by atoms with E-state index in [0.29, 0.717) is 23.7 Å². The number of thiophene rings is 1. The molecule has 0 unspecified atom stereocenters. The predicted octanol–water partition coefficient (Wildman–Crippen LogP) is 3.45. The van der Waals surface area contributed by atoms with Crippen LogP contribution in [-0.2, 0) is 6.54 Å². The summed E-state index contributed by atoms with van der Waals surface area (Å²) < 4.78 is 1.05. The fraction of sp³-hybridized carbons (Fsp3) is 0.214. The van der Waals surface area contributed by atoms with E-state index in [0.717, 1.165) is 15.0 Å². The van der Waals surface area contributed by atoms with Crippen molar-refractivity contribution in [1.82, 2.24) is 5.32 Å². The third-order valence-electron chi connectivity index (χ3n) is 2.66. The maximum Gasteiger partial charge on any atom is 0.263 e. The number of nitrogens with one attached hydrogen (secondary N) is 2. The minimum Gasteiger partial charge on any atom is -0.397 e. The number of benzene rings is 1. The van der Waals surface area contributed by atoms with Crippen LogP contribution in [0.3, 0.4) is 0 Å². The normalized spacial score (nSPS) is 10.3. The highest BCUT2D eigenvalue weighted by Crippen LogP contribution is 2.29. The van der Waals surface area contributed by atoms with Gasteiger partial charge in [-0.1, -0.05) is 28.1 Å². The molecule has 2 rings (SSSR count). The summed E-state index contributed by atoms with van der Waals surface area (Å²) in [5.41, 5.74) is 7.54. The molecular formula is C14H16BrN3OS. The monoisotopic (exact) mass is 353 g/mol. The van der Waals surface area contributed by atoms with E-state index < -0.39 is 0 Å². The van der Waals surface area contributed by atoms with Crippen LogP contribution in [0, 0.1) is 0 Å². The Hall–Kier alpha value is -1.53. The molecule has 4 N–H and O–H groups in total. The highest BCUT2D eigenvalue weighted by atomic mass is 79.9. The second kappa shape index (κ2) is 6.76. The van der Waals surface area contributed by atoms with Crippen molar-refractivity contribution in [2.75, 3.05) is 17.6 Å². The molecular weight excluding hydrogens is 338 g/mol. The molecule has 0 saturated carbocycles. The van der Waals surface area contributed by atoms with E-state index in [2.05, 4.69) is 32.6 Å². The highest BCUT2D eigenvalue weighted by Gasteiger charge is 2.13. The molecule has 0 aliphatic carbocycles. The lowest BCUT2D eigenvalue weighted by Gasteiger charge is -2.04. The Morgan fingerprint density at radius 1 is 1.40 bits per heavy atom. The molecule has 6 heteroatoms. The van der Waals surface area contributed by atoms with Crippen molar-refractivity contribution in [2.45, 2.75) is 13.5 Å². The van der Waals surface area contributed by atoms with Crippen molar-refractivity contribution in [2.24, 2.45) is 0 Å². The van der Waals surface area contributed by atoms with Crippen molar-refractivity contribution in [3.8, 4) is 0 Å². The van der Waals surface area contributed by atoms with Crippen molar-refractivity contribution in [3.63, 3.8) is 0 Å². The predicted molar refractivity (Wildman–Crippen MR) is 88.2 cm³/mol. The summed E-state index contributed by atoms with van der Waals surface area (Å²) in [6.45, 7) is 3.17. The van der Waals surface area contributed by atoms with Crippen LogP contribution in [0.25, 0.3) is 0 Å². The van der Waals surface area contributed by atoms with Gasteiger partial charge < -0.3 is 16.4 Å². The van der Waals surface area contributed by atoms with Gasteiger partial charge >= 0.3 is 0 Å². The number of halogens is 1. The van der Waals surface area contributed by atoms with E-state index in [1.54, 1.807) is 6.07 Å². The topological polar surface area (TPSA) is 67.2 Å². The van der Waals surface area contributed by atoms with Gasteiger partial charge in [0.2, 0.25) is 0 Å². The summed E-state index contributed by atoms with van der Waals surface area (Å²) in [6.07, 6.45) is 0. The molecule has 4 nitrogen and oxygen atoms in total. The van der Waals surface area contributed by atoms with Crippen molar-refractivity contribution >= 4 is 43.9 Å². The van der Waals surface area contributed by atoms with Crippen LogP contribution in [0.5, 0.6) is 0 Å². The van der Waals surface area contributed by atoms with E-state index in [4.69, 9.17) is 5.73 Å². The Bertz CT molecular complexity index is 612. The van der Waals surface area contributed by atoms with Crippen molar-refractivity contribution in [3.05, 3.63) is 45.2 Å². The van der Waals surface area contributed by atoms with Gasteiger partial charge in [0, 0.05) is 17.6 Å². The number of hydrogen-bond donors (Lipinski definition) is 3. The number of nitrogens with two attached hydrogens (primary N) is 1. The van der Waals surface area contributed by atoms with Gasteiger partial charge in [0.15, 0.2) is 0 Å². The minimum absolute atomic E-state index is 0.120. The van der Waals surface area contributed by atoms with Crippen LogP contribution < -0.4 is 16.4 Å². The molecule has 0 atom stereocenters. The average molecular weight is 354 g/mol. The van der Waals surface area contributed by atoms with Crippen molar-refractivity contribution in [1.29, 1.82) is 0 Å². The first-order valence-corrected chi connectivity index (χ1v) is 7.87. The molecule has 1 aromatic carbocycles. The van der Waals surface area contributed by atoms with Gasteiger partial charge in [0.1, 0.15) is 4.88 Å². The van der Waals surface area contributed by atoms with Crippen LogP contribution in [0.4, 0.5) is 10.7 Å². The summed E-state index contributed by atoms with van der Waals surface area (Å²) in [7, 11) is 0. The molecule has 0 aliphatic rings. The van der Waals surface area contributed by atoms with Crippen LogP contribution >= 0.6 is 27.3 Å². The largest absolute Gasteiger partial charge is 0.397 e. The van der Waals surface area contributed by atoms with Gasteiger partial charge in [-0.3, -0.25) is 4.79 Å². The minimum atomic E-state index is -0.120. The van der Waals surface area contributed by atoms with Crippen LogP contribution in [-0.4, -0.2) is 12.5 Å². The van der Waals surface area contributed by atoms with Crippen LogP contribution in [0.1, 0.15) is 22.2 Å². The fourth-order valence-corrected chi connectivity index (χ4v) is 3.09. The Kier molecular flexibility index (Phi) is 5.03. The molecule has 0 aliphatic heterocycles. The Balaban J connectivity index is 2.04. The molecule has 0 radical (unpaired) electrons. The number of carbonyl (C=O) groups excluding carboxylic acids is 1. The maximum atomic E-state index is 11.8. The third-order valence-corrected chi connectivity index (χ3v) is 4.26. The van der Waals surface area contributed by atoms with Crippen LogP contribution in [0.15, 0.2) is 34.8 Å². The van der Waals surface area contributed by atoms with E-state index in [1.165, 1.54) is 11.3 Å². The summed E-state index contributed by atoms with van der Waals surface area (Å²) in [5.74, 6) is -0.120. The lowest BCUT2D eigenvalue weighted by molar-refractivity contribution is 0.0960. The van der Waals surface area contributed by atoms with Gasteiger partial charge in [0.05, 0.1) is 10.7 Å². The quantitative estimate of drug-likeness (QED) is 0.770. The third kappa shape index (κ3) is 3.74. The number of rotatable bonds is 5. The molecule has 1 amide bonds. The van der Waals surface area contributed by atoms with Gasteiger partial charge in [-0.2, -0.15) is 0 Å². The Morgan fingerprint density at radius 3 is 2.90 bits per heavy atom.